The fourth-order valence-electron chi connectivity index (χ4n) is 2.19. The Hall–Kier alpha value is -2.07. The standard InChI is InChI=1S/C17H22N2O2/c1-12-6-7-16(13(2)9-12)19-17(20)10-14(3)18-11-15-5-4-8-21-15/h4-9,14,18H,10-11H2,1-3H3,(H,19,20). The first kappa shape index (κ1) is 15.3. The maximum atomic E-state index is 12.0. The second kappa shape index (κ2) is 7.09. The topological polar surface area (TPSA) is 54.3 Å². The second-order valence-corrected chi connectivity index (χ2v) is 5.43. The van der Waals surface area contributed by atoms with Gasteiger partial charge in [0.15, 0.2) is 0 Å². The van der Waals surface area contributed by atoms with Crippen LogP contribution in [0.1, 0.15) is 30.2 Å². The number of hydrogen-bond donors (Lipinski definition) is 2. The number of anilines is 1. The normalized spacial score (nSPS) is 12.1. The molecule has 2 N–H and O–H groups in total. The molecule has 1 heterocycles. The van der Waals surface area contributed by atoms with Crippen LogP contribution in [0.25, 0.3) is 0 Å². The van der Waals surface area contributed by atoms with Crippen LogP contribution in [-0.2, 0) is 11.3 Å². The van der Waals surface area contributed by atoms with Gasteiger partial charge in [0.2, 0.25) is 5.91 Å². The van der Waals surface area contributed by atoms with Gasteiger partial charge in [-0.05, 0) is 44.5 Å². The number of benzene rings is 1. The first-order chi connectivity index (χ1) is 10.0. The zero-order valence-corrected chi connectivity index (χ0v) is 12.8. The molecule has 0 saturated heterocycles. The largest absolute Gasteiger partial charge is 0.468 e. The molecule has 1 aromatic heterocycles. The Bertz CT molecular complexity index is 591. The molecule has 1 atom stereocenters. The van der Waals surface area contributed by atoms with Crippen LogP contribution >= 0.6 is 0 Å². The van der Waals surface area contributed by atoms with E-state index < -0.39 is 0 Å². The molecule has 4 heteroatoms. The highest BCUT2D eigenvalue weighted by Crippen LogP contribution is 2.16. The summed E-state index contributed by atoms with van der Waals surface area (Å²) >= 11 is 0. The molecule has 0 fully saturated rings. The highest BCUT2D eigenvalue weighted by Gasteiger charge is 2.10. The van der Waals surface area contributed by atoms with Gasteiger partial charge in [0, 0.05) is 18.2 Å². The lowest BCUT2D eigenvalue weighted by Crippen LogP contribution is -2.30. The zero-order valence-electron chi connectivity index (χ0n) is 12.8. The van der Waals surface area contributed by atoms with Crippen molar-refractivity contribution in [1.29, 1.82) is 0 Å². The van der Waals surface area contributed by atoms with Gasteiger partial charge in [0.25, 0.3) is 0 Å². The Kier molecular flexibility index (Phi) is 5.17. The average Bonchev–Trinajstić information content (AvgIpc) is 2.93. The third kappa shape index (κ3) is 4.76. The van der Waals surface area contributed by atoms with Crippen molar-refractivity contribution in [2.24, 2.45) is 0 Å². The molecule has 0 aliphatic rings. The first-order valence-corrected chi connectivity index (χ1v) is 7.17. The Morgan fingerprint density at radius 1 is 1.29 bits per heavy atom. The van der Waals surface area contributed by atoms with Crippen molar-refractivity contribution in [3.63, 3.8) is 0 Å². The van der Waals surface area contributed by atoms with E-state index >= 15 is 0 Å². The number of carbonyl (C=O) groups is 1. The maximum Gasteiger partial charge on any atom is 0.225 e. The summed E-state index contributed by atoms with van der Waals surface area (Å²) in [4.78, 5) is 12.0. The van der Waals surface area contributed by atoms with Gasteiger partial charge in [-0.2, -0.15) is 0 Å². The van der Waals surface area contributed by atoms with E-state index in [1.54, 1.807) is 6.26 Å². The van der Waals surface area contributed by atoms with Crippen LogP contribution in [0.4, 0.5) is 5.69 Å². The zero-order chi connectivity index (χ0) is 15.2. The molecule has 0 saturated carbocycles. The van der Waals surface area contributed by atoms with E-state index in [-0.39, 0.29) is 11.9 Å². The highest BCUT2D eigenvalue weighted by molar-refractivity contribution is 5.91. The minimum Gasteiger partial charge on any atom is -0.468 e. The summed E-state index contributed by atoms with van der Waals surface area (Å²) in [6.45, 7) is 6.66. The minimum atomic E-state index is 0.0152. The van der Waals surface area contributed by atoms with Crippen molar-refractivity contribution in [2.75, 3.05) is 5.32 Å². The van der Waals surface area contributed by atoms with Crippen LogP contribution in [0.2, 0.25) is 0 Å². The fourth-order valence-corrected chi connectivity index (χ4v) is 2.19. The Morgan fingerprint density at radius 2 is 2.10 bits per heavy atom. The molecule has 4 nitrogen and oxygen atoms in total. The molecule has 112 valence electrons. The quantitative estimate of drug-likeness (QED) is 0.855. The third-order valence-electron chi connectivity index (χ3n) is 3.35. The van der Waals surface area contributed by atoms with Crippen LogP contribution in [0.3, 0.4) is 0 Å². The molecular formula is C17H22N2O2. The second-order valence-electron chi connectivity index (χ2n) is 5.43. The molecule has 0 radical (unpaired) electrons. The Morgan fingerprint density at radius 3 is 2.76 bits per heavy atom. The highest BCUT2D eigenvalue weighted by atomic mass is 16.3. The fraction of sp³-hybridized carbons (Fsp3) is 0.353. The molecule has 1 aromatic carbocycles. The first-order valence-electron chi connectivity index (χ1n) is 7.17. The van der Waals surface area contributed by atoms with E-state index in [1.165, 1.54) is 5.56 Å². The Balaban J connectivity index is 1.80. The summed E-state index contributed by atoms with van der Waals surface area (Å²) < 4.78 is 5.25. The number of nitrogens with one attached hydrogen (secondary N) is 2. The number of furan rings is 1. The minimum absolute atomic E-state index is 0.0152. The van der Waals surface area contributed by atoms with Crippen LogP contribution in [-0.4, -0.2) is 11.9 Å². The number of amides is 1. The van der Waals surface area contributed by atoms with Crippen molar-refractivity contribution >= 4 is 11.6 Å². The SMILES string of the molecule is Cc1ccc(NC(=O)CC(C)NCc2ccco2)c(C)c1. The number of carbonyl (C=O) groups excluding carboxylic acids is 1. The van der Waals surface area contributed by atoms with Crippen LogP contribution in [0.5, 0.6) is 0 Å². The van der Waals surface area contributed by atoms with E-state index in [0.717, 1.165) is 17.0 Å². The van der Waals surface area contributed by atoms with Gasteiger partial charge in [-0.25, -0.2) is 0 Å². The summed E-state index contributed by atoms with van der Waals surface area (Å²) in [6, 6.07) is 9.86. The van der Waals surface area contributed by atoms with Gasteiger partial charge in [-0.3, -0.25) is 4.79 Å². The molecule has 1 unspecified atom stereocenters. The molecular weight excluding hydrogens is 264 g/mol. The lowest BCUT2D eigenvalue weighted by molar-refractivity contribution is -0.116. The van der Waals surface area contributed by atoms with Gasteiger partial charge in [-0.1, -0.05) is 17.7 Å². The van der Waals surface area contributed by atoms with Gasteiger partial charge in [0.05, 0.1) is 12.8 Å². The summed E-state index contributed by atoms with van der Waals surface area (Å²) in [5.74, 6) is 0.887. The van der Waals surface area contributed by atoms with Crippen molar-refractivity contribution < 1.29 is 9.21 Å². The van der Waals surface area contributed by atoms with Crippen LogP contribution < -0.4 is 10.6 Å². The predicted molar refractivity (Wildman–Crippen MR) is 84.2 cm³/mol. The lowest BCUT2D eigenvalue weighted by Gasteiger charge is -2.14. The Labute approximate surface area is 125 Å². The molecule has 0 bridgehead atoms. The monoisotopic (exact) mass is 286 g/mol. The van der Waals surface area contributed by atoms with Gasteiger partial charge in [-0.15, -0.1) is 0 Å². The van der Waals surface area contributed by atoms with Crippen LogP contribution in [0.15, 0.2) is 41.0 Å². The molecule has 0 aliphatic heterocycles. The van der Waals surface area contributed by atoms with Gasteiger partial charge < -0.3 is 15.1 Å². The summed E-state index contributed by atoms with van der Waals surface area (Å²) in [7, 11) is 0. The molecule has 21 heavy (non-hydrogen) atoms. The summed E-state index contributed by atoms with van der Waals surface area (Å²) in [5, 5.41) is 6.23. The van der Waals surface area contributed by atoms with E-state index in [9.17, 15) is 4.79 Å². The number of hydrogen-bond acceptors (Lipinski definition) is 3. The van der Waals surface area contributed by atoms with Crippen LogP contribution in [0, 0.1) is 13.8 Å². The summed E-state index contributed by atoms with van der Waals surface area (Å²) in [6.07, 6.45) is 2.07. The molecule has 1 amide bonds. The third-order valence-corrected chi connectivity index (χ3v) is 3.35. The van der Waals surface area contributed by atoms with Crippen molar-refractivity contribution in [2.45, 2.75) is 39.8 Å². The van der Waals surface area contributed by atoms with E-state index in [2.05, 4.69) is 16.7 Å². The summed E-state index contributed by atoms with van der Waals surface area (Å²) in [5.41, 5.74) is 3.15. The van der Waals surface area contributed by atoms with E-state index in [4.69, 9.17) is 4.42 Å². The van der Waals surface area contributed by atoms with Gasteiger partial charge in [0.1, 0.15) is 5.76 Å². The predicted octanol–water partition coefficient (Wildman–Crippen LogP) is 3.40. The molecule has 0 aliphatic carbocycles. The molecule has 2 rings (SSSR count). The molecule has 0 spiro atoms. The van der Waals surface area contributed by atoms with E-state index in [0.29, 0.717) is 13.0 Å². The average molecular weight is 286 g/mol. The van der Waals surface area contributed by atoms with Crippen molar-refractivity contribution in [1.82, 2.24) is 5.32 Å². The number of rotatable bonds is 6. The maximum absolute atomic E-state index is 12.0. The van der Waals surface area contributed by atoms with E-state index in [1.807, 2.05) is 45.0 Å². The lowest BCUT2D eigenvalue weighted by atomic mass is 10.1. The van der Waals surface area contributed by atoms with Gasteiger partial charge >= 0.3 is 0 Å². The smallest absolute Gasteiger partial charge is 0.225 e. The van der Waals surface area contributed by atoms with Crippen molar-refractivity contribution in [3.8, 4) is 0 Å². The number of aryl methyl sites for hydroxylation is 2. The van der Waals surface area contributed by atoms with Crippen molar-refractivity contribution in [3.05, 3.63) is 53.5 Å². The molecule has 2 aromatic rings.